The van der Waals surface area contributed by atoms with Gasteiger partial charge in [0.05, 0.1) is 0 Å². The predicted molar refractivity (Wildman–Crippen MR) is 317 cm³/mol. The molecule has 0 unspecified atom stereocenters. The van der Waals surface area contributed by atoms with Gasteiger partial charge in [0.15, 0.2) is 6.10 Å². The average molecular weight is 1030 g/mol. The van der Waals surface area contributed by atoms with Crippen LogP contribution in [0.2, 0.25) is 0 Å². The number of rotatable bonds is 62. The van der Waals surface area contributed by atoms with E-state index in [2.05, 4.69) is 32.9 Å². The molecule has 1 atom stereocenters. The Morgan fingerprint density at radius 3 is 0.685 bits per heavy atom. The van der Waals surface area contributed by atoms with Gasteiger partial charge in [0.1, 0.15) is 13.2 Å². The molecule has 0 N–H and O–H groups in total. The van der Waals surface area contributed by atoms with E-state index in [1.165, 1.54) is 283 Å². The molecule has 0 bridgehead atoms. The normalized spacial score (nSPS) is 12.0. The number of allylic oxidation sites excluding steroid dienone is 2. The second-order valence-electron chi connectivity index (χ2n) is 22.7. The summed E-state index contributed by atoms with van der Waals surface area (Å²) in [5, 5.41) is 0. The minimum absolute atomic E-state index is 0.0644. The van der Waals surface area contributed by atoms with Crippen molar-refractivity contribution in [1.82, 2.24) is 0 Å². The monoisotopic (exact) mass is 1030 g/mol. The lowest BCUT2D eigenvalue weighted by Gasteiger charge is -2.18. The van der Waals surface area contributed by atoms with Crippen LogP contribution in [-0.2, 0) is 28.6 Å². The molecule has 0 fully saturated rings. The number of esters is 3. The minimum atomic E-state index is -0.767. The van der Waals surface area contributed by atoms with Gasteiger partial charge in [-0.2, -0.15) is 0 Å². The molecule has 0 heterocycles. The van der Waals surface area contributed by atoms with Gasteiger partial charge in [-0.1, -0.05) is 328 Å². The molecule has 0 saturated heterocycles. The summed E-state index contributed by atoms with van der Waals surface area (Å²) < 4.78 is 17.0. The van der Waals surface area contributed by atoms with Crippen molar-refractivity contribution in [2.75, 3.05) is 13.2 Å². The Balaban J connectivity index is 4.30. The first-order valence-electron chi connectivity index (χ1n) is 33.2. The molecule has 6 nitrogen and oxygen atoms in total. The highest BCUT2D eigenvalue weighted by atomic mass is 16.6. The molecule has 0 spiro atoms. The van der Waals surface area contributed by atoms with Crippen molar-refractivity contribution in [2.45, 2.75) is 386 Å². The van der Waals surface area contributed by atoms with E-state index in [0.29, 0.717) is 19.3 Å². The van der Waals surface area contributed by atoms with Crippen LogP contribution in [0.3, 0.4) is 0 Å². The lowest BCUT2D eigenvalue weighted by molar-refractivity contribution is -0.167. The van der Waals surface area contributed by atoms with Crippen molar-refractivity contribution in [1.29, 1.82) is 0 Å². The van der Waals surface area contributed by atoms with Crippen molar-refractivity contribution in [3.8, 4) is 0 Å². The van der Waals surface area contributed by atoms with Crippen molar-refractivity contribution < 1.29 is 28.6 Å². The zero-order valence-corrected chi connectivity index (χ0v) is 49.7. The second kappa shape index (κ2) is 62.7. The van der Waals surface area contributed by atoms with E-state index in [1.807, 2.05) is 0 Å². The van der Waals surface area contributed by atoms with Crippen LogP contribution in [0.25, 0.3) is 0 Å². The zero-order valence-electron chi connectivity index (χ0n) is 49.7. The molecular formula is C67H128O6. The molecule has 0 amide bonds. The Morgan fingerprint density at radius 2 is 0.452 bits per heavy atom. The summed E-state index contributed by atoms with van der Waals surface area (Å²) in [4.78, 5) is 38.4. The maximum absolute atomic E-state index is 12.9. The molecule has 0 aromatic rings. The third-order valence-corrected chi connectivity index (χ3v) is 15.3. The fourth-order valence-corrected chi connectivity index (χ4v) is 10.3. The number of carbonyl (C=O) groups is 3. The molecule has 6 heteroatoms. The smallest absolute Gasteiger partial charge is 0.306 e. The summed E-state index contributed by atoms with van der Waals surface area (Å²) in [5.41, 5.74) is 0. The van der Waals surface area contributed by atoms with E-state index in [-0.39, 0.29) is 31.1 Å². The first kappa shape index (κ1) is 71.2. The quantitative estimate of drug-likeness (QED) is 0.0261. The fourth-order valence-electron chi connectivity index (χ4n) is 10.3. The standard InChI is InChI=1S/C67H128O6/c1-4-7-10-13-16-19-22-25-28-31-33-36-39-42-45-48-51-54-57-60-66(69)72-63-64(62-71-65(68)59-56-53-50-47-44-41-38-35-30-27-24-21-18-15-12-9-6-3)73-67(70)61-58-55-52-49-46-43-40-37-34-32-29-26-23-20-17-14-11-8-5-2/h27,30,64H,4-26,28-29,31-63H2,1-3H3/b30-27+/t64-/m1/s1. The number of hydrogen-bond donors (Lipinski definition) is 0. The lowest BCUT2D eigenvalue weighted by Crippen LogP contribution is -2.30. The maximum Gasteiger partial charge on any atom is 0.306 e. The molecule has 0 aliphatic rings. The summed E-state index contributed by atoms with van der Waals surface area (Å²) in [6.07, 6.45) is 73.6. The molecule has 0 aromatic heterocycles. The van der Waals surface area contributed by atoms with Crippen LogP contribution in [0.4, 0.5) is 0 Å². The van der Waals surface area contributed by atoms with Gasteiger partial charge in [-0.15, -0.1) is 0 Å². The van der Waals surface area contributed by atoms with Crippen LogP contribution >= 0.6 is 0 Å². The Morgan fingerprint density at radius 1 is 0.260 bits per heavy atom. The van der Waals surface area contributed by atoms with Crippen molar-refractivity contribution in [3.05, 3.63) is 12.2 Å². The SMILES string of the molecule is CCCCCCCC/C=C/CCCCCCCCCC(=O)OC[C@H](COC(=O)CCCCCCCCCCCCCCCCCCCCC)OC(=O)CCCCCCCCCCCCCCCCCCCCC. The third kappa shape index (κ3) is 60.9. The zero-order chi connectivity index (χ0) is 52.9. The Labute approximate surface area is 456 Å². The predicted octanol–water partition coefficient (Wildman–Crippen LogP) is 22.4. The summed E-state index contributed by atoms with van der Waals surface area (Å²) in [5.74, 6) is -0.835. The minimum Gasteiger partial charge on any atom is -0.462 e. The van der Waals surface area contributed by atoms with Crippen molar-refractivity contribution >= 4 is 17.9 Å². The van der Waals surface area contributed by atoms with Crippen molar-refractivity contribution in [2.24, 2.45) is 0 Å². The number of unbranched alkanes of at least 4 members (excludes halogenated alkanes) is 49. The topological polar surface area (TPSA) is 78.9 Å². The highest BCUT2D eigenvalue weighted by Crippen LogP contribution is 2.18. The van der Waals surface area contributed by atoms with E-state index < -0.39 is 6.10 Å². The fraction of sp³-hybridized carbons (Fsp3) is 0.925. The molecule has 432 valence electrons. The van der Waals surface area contributed by atoms with E-state index in [9.17, 15) is 14.4 Å². The van der Waals surface area contributed by atoms with Crippen LogP contribution in [0.15, 0.2) is 12.2 Å². The third-order valence-electron chi connectivity index (χ3n) is 15.3. The summed E-state index contributed by atoms with van der Waals surface area (Å²) in [6.45, 7) is 6.72. The van der Waals surface area contributed by atoms with Crippen LogP contribution in [0.5, 0.6) is 0 Å². The van der Waals surface area contributed by atoms with Crippen LogP contribution in [-0.4, -0.2) is 37.2 Å². The molecule has 0 aliphatic heterocycles. The summed E-state index contributed by atoms with van der Waals surface area (Å²) in [7, 11) is 0. The van der Waals surface area contributed by atoms with Crippen LogP contribution in [0.1, 0.15) is 380 Å². The van der Waals surface area contributed by atoms with Gasteiger partial charge >= 0.3 is 17.9 Å². The van der Waals surface area contributed by atoms with Gasteiger partial charge in [-0.05, 0) is 44.9 Å². The van der Waals surface area contributed by atoms with Crippen LogP contribution < -0.4 is 0 Å². The Kier molecular flexibility index (Phi) is 61.1. The number of hydrogen-bond acceptors (Lipinski definition) is 6. The first-order chi connectivity index (χ1) is 36.0. The van der Waals surface area contributed by atoms with E-state index in [0.717, 1.165) is 57.8 Å². The molecular weight excluding hydrogens is 901 g/mol. The van der Waals surface area contributed by atoms with E-state index in [4.69, 9.17) is 14.2 Å². The molecule has 73 heavy (non-hydrogen) atoms. The van der Waals surface area contributed by atoms with Gasteiger partial charge in [0, 0.05) is 19.3 Å². The van der Waals surface area contributed by atoms with Gasteiger partial charge in [0.25, 0.3) is 0 Å². The van der Waals surface area contributed by atoms with Crippen LogP contribution in [0, 0.1) is 0 Å². The summed E-state index contributed by atoms with van der Waals surface area (Å²) >= 11 is 0. The lowest BCUT2D eigenvalue weighted by atomic mass is 10.0. The Bertz CT molecular complexity index is 1130. The van der Waals surface area contributed by atoms with Gasteiger partial charge in [0.2, 0.25) is 0 Å². The molecule has 0 aliphatic carbocycles. The largest absolute Gasteiger partial charge is 0.462 e. The molecule has 0 radical (unpaired) electrons. The van der Waals surface area contributed by atoms with Gasteiger partial charge in [-0.3, -0.25) is 14.4 Å². The van der Waals surface area contributed by atoms with E-state index in [1.54, 1.807) is 0 Å². The highest BCUT2D eigenvalue weighted by Gasteiger charge is 2.19. The number of carbonyl (C=O) groups excluding carboxylic acids is 3. The van der Waals surface area contributed by atoms with E-state index >= 15 is 0 Å². The Hall–Kier alpha value is -1.85. The number of ether oxygens (including phenoxy) is 3. The molecule has 0 saturated carbocycles. The average Bonchev–Trinajstić information content (AvgIpc) is 3.39. The van der Waals surface area contributed by atoms with Crippen molar-refractivity contribution in [3.63, 3.8) is 0 Å². The molecule has 0 rings (SSSR count). The first-order valence-corrected chi connectivity index (χ1v) is 33.2. The highest BCUT2D eigenvalue weighted by molar-refractivity contribution is 5.71. The second-order valence-corrected chi connectivity index (χ2v) is 22.7. The molecule has 0 aromatic carbocycles. The van der Waals surface area contributed by atoms with Gasteiger partial charge < -0.3 is 14.2 Å². The maximum atomic E-state index is 12.9. The van der Waals surface area contributed by atoms with Gasteiger partial charge in [-0.25, -0.2) is 0 Å². The summed E-state index contributed by atoms with van der Waals surface area (Å²) in [6, 6.07) is 0.